The summed E-state index contributed by atoms with van der Waals surface area (Å²) >= 11 is 11.6. The Hall–Kier alpha value is -1.85. The Morgan fingerprint density at radius 2 is 2.11 bits per heavy atom. The fourth-order valence-corrected chi connectivity index (χ4v) is 1.86. The number of nitrogens with zero attached hydrogens (tertiary/aromatic N) is 2. The van der Waals surface area contributed by atoms with Crippen LogP contribution in [-0.4, -0.2) is 28.2 Å². The van der Waals surface area contributed by atoms with Crippen LogP contribution in [0.4, 0.5) is 0 Å². The number of hydrogen-bond acceptors (Lipinski definition) is 4. The molecule has 0 amide bonds. The van der Waals surface area contributed by atoms with Crippen LogP contribution in [0.1, 0.15) is 10.5 Å². The van der Waals surface area contributed by atoms with E-state index in [0.29, 0.717) is 22.2 Å². The number of aromatic carboxylic acids is 1. The smallest absolute Gasteiger partial charge is 0.356 e. The molecule has 2 aromatic rings. The molecule has 7 heteroatoms. The number of rotatable bonds is 3. The standard InChI is InChI=1S/C12H8Cl2N2O3/c1-19-11-7(4-6(13)5-15-11)9-3-2-8(14)10(16-9)12(17)18/h2-5H,1H3,(H,17,18). The van der Waals surface area contributed by atoms with Crippen LogP contribution in [-0.2, 0) is 0 Å². The summed E-state index contributed by atoms with van der Waals surface area (Å²) in [6, 6.07) is 4.62. The van der Waals surface area contributed by atoms with Crippen molar-refractivity contribution in [3.63, 3.8) is 0 Å². The average Bonchev–Trinajstić information content (AvgIpc) is 2.39. The maximum absolute atomic E-state index is 11.0. The van der Waals surface area contributed by atoms with Gasteiger partial charge in [-0.2, -0.15) is 0 Å². The molecule has 0 aromatic carbocycles. The molecule has 0 aliphatic carbocycles. The highest BCUT2D eigenvalue weighted by molar-refractivity contribution is 6.33. The fourth-order valence-electron chi connectivity index (χ4n) is 1.52. The molecule has 0 aliphatic rings. The summed E-state index contributed by atoms with van der Waals surface area (Å²) in [5.41, 5.74) is 0.629. The molecule has 0 saturated heterocycles. The maximum atomic E-state index is 11.0. The Kier molecular flexibility index (Phi) is 3.87. The van der Waals surface area contributed by atoms with Crippen LogP contribution < -0.4 is 4.74 Å². The van der Waals surface area contributed by atoms with Crippen LogP contribution in [0, 0.1) is 0 Å². The summed E-state index contributed by atoms with van der Waals surface area (Å²) in [7, 11) is 1.45. The van der Waals surface area contributed by atoms with E-state index in [2.05, 4.69) is 9.97 Å². The van der Waals surface area contributed by atoms with Crippen LogP contribution in [0.25, 0.3) is 11.3 Å². The number of carbonyl (C=O) groups is 1. The second-order valence-corrected chi connectivity index (χ2v) is 4.39. The summed E-state index contributed by atoms with van der Waals surface area (Å²) in [6.45, 7) is 0. The van der Waals surface area contributed by atoms with Crippen molar-refractivity contribution < 1.29 is 14.6 Å². The van der Waals surface area contributed by atoms with E-state index in [0.717, 1.165) is 0 Å². The molecule has 5 nitrogen and oxygen atoms in total. The van der Waals surface area contributed by atoms with Gasteiger partial charge in [0.1, 0.15) is 0 Å². The molecule has 0 aliphatic heterocycles. The van der Waals surface area contributed by atoms with Gasteiger partial charge in [-0.15, -0.1) is 0 Å². The Balaban J connectivity index is 2.62. The monoisotopic (exact) mass is 298 g/mol. The number of aromatic nitrogens is 2. The summed E-state index contributed by atoms with van der Waals surface area (Å²) in [6.07, 6.45) is 1.43. The lowest BCUT2D eigenvalue weighted by atomic mass is 10.1. The molecule has 0 fully saturated rings. The minimum absolute atomic E-state index is 0.0604. The predicted octanol–water partition coefficient (Wildman–Crippen LogP) is 3.16. The van der Waals surface area contributed by atoms with Gasteiger partial charge in [0.2, 0.25) is 5.88 Å². The molecule has 19 heavy (non-hydrogen) atoms. The van der Waals surface area contributed by atoms with Gasteiger partial charge in [-0.1, -0.05) is 23.2 Å². The van der Waals surface area contributed by atoms with Crippen molar-refractivity contribution in [2.24, 2.45) is 0 Å². The van der Waals surface area contributed by atoms with Gasteiger partial charge in [0.25, 0.3) is 0 Å². The Labute approximate surface area is 118 Å². The van der Waals surface area contributed by atoms with E-state index in [9.17, 15) is 4.79 Å². The van der Waals surface area contributed by atoms with Crippen LogP contribution >= 0.6 is 23.2 Å². The number of hydrogen-bond donors (Lipinski definition) is 1. The van der Waals surface area contributed by atoms with Crippen LogP contribution in [0.15, 0.2) is 24.4 Å². The lowest BCUT2D eigenvalue weighted by Gasteiger charge is -2.08. The van der Waals surface area contributed by atoms with Gasteiger partial charge < -0.3 is 9.84 Å². The first-order chi connectivity index (χ1) is 9.02. The molecule has 2 rings (SSSR count). The van der Waals surface area contributed by atoms with Crippen molar-refractivity contribution in [1.82, 2.24) is 9.97 Å². The predicted molar refractivity (Wildman–Crippen MR) is 71.0 cm³/mol. The van der Waals surface area contributed by atoms with Crippen molar-refractivity contribution in [3.05, 3.63) is 40.1 Å². The Morgan fingerprint density at radius 1 is 1.37 bits per heavy atom. The van der Waals surface area contributed by atoms with Gasteiger partial charge in [0, 0.05) is 6.20 Å². The van der Waals surface area contributed by atoms with Gasteiger partial charge >= 0.3 is 5.97 Å². The second kappa shape index (κ2) is 5.42. The molecule has 0 bridgehead atoms. The van der Waals surface area contributed by atoms with E-state index >= 15 is 0 Å². The number of methoxy groups -OCH3 is 1. The van der Waals surface area contributed by atoms with Crippen molar-refractivity contribution in [3.8, 4) is 17.1 Å². The number of halogens is 2. The van der Waals surface area contributed by atoms with Gasteiger partial charge in [0.05, 0.1) is 28.4 Å². The molecular weight excluding hydrogens is 291 g/mol. The van der Waals surface area contributed by atoms with E-state index < -0.39 is 5.97 Å². The van der Waals surface area contributed by atoms with Crippen molar-refractivity contribution in [1.29, 1.82) is 0 Å². The third-order valence-electron chi connectivity index (χ3n) is 2.34. The first kappa shape index (κ1) is 13.6. The molecular formula is C12H8Cl2N2O3. The molecule has 0 unspecified atom stereocenters. The Bertz CT molecular complexity index is 647. The normalized spacial score (nSPS) is 10.3. The third kappa shape index (κ3) is 2.77. The van der Waals surface area contributed by atoms with Crippen LogP contribution in [0.2, 0.25) is 10.0 Å². The van der Waals surface area contributed by atoms with Gasteiger partial charge in [-0.3, -0.25) is 0 Å². The third-order valence-corrected chi connectivity index (χ3v) is 2.85. The zero-order valence-corrected chi connectivity index (χ0v) is 11.2. The maximum Gasteiger partial charge on any atom is 0.356 e. The SMILES string of the molecule is COc1ncc(Cl)cc1-c1ccc(Cl)c(C(=O)O)n1. The molecule has 1 N–H and O–H groups in total. The largest absolute Gasteiger partial charge is 0.481 e. The molecule has 0 radical (unpaired) electrons. The molecule has 2 aromatic heterocycles. The highest BCUT2D eigenvalue weighted by Gasteiger charge is 2.15. The van der Waals surface area contributed by atoms with E-state index in [1.807, 2.05) is 0 Å². The molecule has 0 atom stereocenters. The molecule has 98 valence electrons. The summed E-state index contributed by atoms with van der Waals surface area (Å²) in [5.74, 6) is -0.906. The van der Waals surface area contributed by atoms with Crippen molar-refractivity contribution in [2.75, 3.05) is 7.11 Å². The van der Waals surface area contributed by atoms with Gasteiger partial charge in [-0.25, -0.2) is 14.8 Å². The first-order valence-electron chi connectivity index (χ1n) is 5.12. The zero-order chi connectivity index (χ0) is 14.0. The van der Waals surface area contributed by atoms with Crippen LogP contribution in [0.5, 0.6) is 5.88 Å². The van der Waals surface area contributed by atoms with E-state index in [4.69, 9.17) is 33.0 Å². The average molecular weight is 299 g/mol. The van der Waals surface area contributed by atoms with E-state index in [-0.39, 0.29) is 10.7 Å². The number of ether oxygens (including phenoxy) is 1. The molecule has 2 heterocycles. The minimum atomic E-state index is -1.21. The highest BCUT2D eigenvalue weighted by Crippen LogP contribution is 2.30. The second-order valence-electron chi connectivity index (χ2n) is 3.54. The topological polar surface area (TPSA) is 72.3 Å². The van der Waals surface area contributed by atoms with Gasteiger partial charge in [-0.05, 0) is 18.2 Å². The summed E-state index contributed by atoms with van der Waals surface area (Å²) in [5, 5.41) is 9.45. The van der Waals surface area contributed by atoms with E-state index in [1.54, 1.807) is 12.1 Å². The quantitative estimate of drug-likeness (QED) is 0.942. The fraction of sp³-hybridized carbons (Fsp3) is 0.0833. The van der Waals surface area contributed by atoms with Crippen molar-refractivity contribution >= 4 is 29.2 Å². The number of pyridine rings is 2. The summed E-state index contributed by atoms with van der Waals surface area (Å²) in [4.78, 5) is 19.0. The van der Waals surface area contributed by atoms with E-state index in [1.165, 1.54) is 19.4 Å². The number of carboxylic acids is 1. The minimum Gasteiger partial charge on any atom is -0.481 e. The number of carboxylic acid groups (broad SMARTS) is 1. The van der Waals surface area contributed by atoms with Crippen LogP contribution in [0.3, 0.4) is 0 Å². The Morgan fingerprint density at radius 3 is 2.74 bits per heavy atom. The summed E-state index contributed by atoms with van der Waals surface area (Å²) < 4.78 is 5.10. The highest BCUT2D eigenvalue weighted by atomic mass is 35.5. The van der Waals surface area contributed by atoms with Crippen molar-refractivity contribution in [2.45, 2.75) is 0 Å². The zero-order valence-electron chi connectivity index (χ0n) is 9.72. The van der Waals surface area contributed by atoms with Gasteiger partial charge in [0.15, 0.2) is 5.69 Å². The lowest BCUT2D eigenvalue weighted by Crippen LogP contribution is -2.03. The lowest BCUT2D eigenvalue weighted by molar-refractivity contribution is 0.0691. The molecule has 0 saturated carbocycles. The first-order valence-corrected chi connectivity index (χ1v) is 5.88. The molecule has 0 spiro atoms.